The maximum absolute atomic E-state index is 11.1. The first kappa shape index (κ1) is 17.5. The van der Waals surface area contributed by atoms with Gasteiger partial charge >= 0.3 is 0 Å². The highest BCUT2D eigenvalue weighted by Crippen LogP contribution is 2.28. The highest BCUT2D eigenvalue weighted by Gasteiger charge is 2.12. The smallest absolute Gasteiger partial charge is 0.150 e. The van der Waals surface area contributed by atoms with Gasteiger partial charge in [0.15, 0.2) is 9.84 Å². The number of ether oxygens (including phenoxy) is 1. The number of hydrogen-bond acceptors (Lipinski definition) is 4. The van der Waals surface area contributed by atoms with Crippen molar-refractivity contribution in [1.29, 1.82) is 0 Å². The van der Waals surface area contributed by atoms with Crippen molar-refractivity contribution < 1.29 is 13.2 Å². The van der Waals surface area contributed by atoms with Crippen molar-refractivity contribution >= 4 is 25.8 Å². The van der Waals surface area contributed by atoms with E-state index in [4.69, 9.17) is 4.74 Å². The predicted octanol–water partition coefficient (Wildman–Crippen LogP) is 2.93. The Hall–Kier alpha value is -0.590. The molecule has 0 aliphatic heterocycles. The van der Waals surface area contributed by atoms with E-state index in [1.165, 1.54) is 6.26 Å². The minimum atomic E-state index is -3.00. The summed E-state index contributed by atoms with van der Waals surface area (Å²) in [6.07, 6.45) is 2.27. The molecule has 0 bridgehead atoms. The van der Waals surface area contributed by atoms with Gasteiger partial charge in [0.05, 0.1) is 5.75 Å². The van der Waals surface area contributed by atoms with Gasteiger partial charge in [0.1, 0.15) is 12.4 Å². The Morgan fingerprint density at radius 1 is 1.40 bits per heavy atom. The fourth-order valence-corrected chi connectivity index (χ4v) is 2.49. The Bertz CT molecular complexity index is 531. The van der Waals surface area contributed by atoms with E-state index in [1.54, 1.807) is 0 Å². The Morgan fingerprint density at radius 3 is 2.70 bits per heavy atom. The van der Waals surface area contributed by atoms with Gasteiger partial charge in [0.2, 0.25) is 0 Å². The lowest BCUT2D eigenvalue weighted by atomic mass is 10.1. The van der Waals surface area contributed by atoms with E-state index < -0.39 is 9.84 Å². The van der Waals surface area contributed by atoms with Crippen LogP contribution in [0.15, 0.2) is 22.7 Å². The Balaban J connectivity index is 2.79. The van der Waals surface area contributed by atoms with E-state index >= 15 is 0 Å². The number of rotatable bonds is 8. The zero-order valence-electron chi connectivity index (χ0n) is 12.1. The third-order valence-corrected chi connectivity index (χ3v) is 4.26. The van der Waals surface area contributed by atoms with Crippen molar-refractivity contribution in [3.05, 3.63) is 28.2 Å². The fraction of sp³-hybridized carbons (Fsp3) is 0.571. The van der Waals surface area contributed by atoms with Crippen molar-refractivity contribution in [1.82, 2.24) is 5.32 Å². The molecule has 1 N–H and O–H groups in total. The standard InChI is InChI=1S/C14H22BrNO3S/c1-4-7-16-11(2)13-6-5-12(15)10-14(13)19-8-9-20(3,17)18/h5-6,10-11,16H,4,7-9H2,1-3H3. The molecule has 0 aliphatic carbocycles. The first-order valence-corrected chi connectivity index (χ1v) is 9.52. The molecule has 6 heteroatoms. The highest BCUT2D eigenvalue weighted by atomic mass is 79.9. The van der Waals surface area contributed by atoms with Gasteiger partial charge in [-0.1, -0.05) is 28.9 Å². The van der Waals surface area contributed by atoms with Gasteiger partial charge in [-0.3, -0.25) is 0 Å². The van der Waals surface area contributed by atoms with Crippen LogP contribution in [0.2, 0.25) is 0 Å². The lowest BCUT2D eigenvalue weighted by molar-refractivity contribution is 0.333. The van der Waals surface area contributed by atoms with Crippen molar-refractivity contribution in [2.45, 2.75) is 26.3 Å². The molecule has 4 nitrogen and oxygen atoms in total. The van der Waals surface area contributed by atoms with Crippen molar-refractivity contribution in [2.24, 2.45) is 0 Å². The fourth-order valence-electron chi connectivity index (χ4n) is 1.76. The second-order valence-corrected chi connectivity index (χ2v) is 8.01. The van der Waals surface area contributed by atoms with Crippen LogP contribution >= 0.6 is 15.9 Å². The third-order valence-electron chi connectivity index (χ3n) is 2.85. The van der Waals surface area contributed by atoms with E-state index in [-0.39, 0.29) is 18.4 Å². The maximum atomic E-state index is 11.1. The second-order valence-electron chi connectivity index (χ2n) is 4.84. The molecule has 0 saturated heterocycles. The van der Waals surface area contributed by atoms with Crippen LogP contribution in [0.5, 0.6) is 5.75 Å². The van der Waals surface area contributed by atoms with E-state index in [2.05, 4.69) is 35.1 Å². The molecule has 0 spiro atoms. The molecule has 0 aliphatic rings. The molecule has 1 atom stereocenters. The van der Waals surface area contributed by atoms with Crippen LogP contribution in [0.4, 0.5) is 0 Å². The van der Waals surface area contributed by atoms with Gasteiger partial charge in [-0.05, 0) is 32.0 Å². The van der Waals surface area contributed by atoms with Gasteiger partial charge in [-0.15, -0.1) is 0 Å². The summed E-state index contributed by atoms with van der Waals surface area (Å²) in [6.45, 7) is 5.29. The van der Waals surface area contributed by atoms with E-state index in [0.717, 1.165) is 28.8 Å². The summed E-state index contributed by atoms with van der Waals surface area (Å²) < 4.78 is 28.9. The van der Waals surface area contributed by atoms with Crippen LogP contribution in [0.25, 0.3) is 0 Å². The number of sulfone groups is 1. The minimum Gasteiger partial charge on any atom is -0.492 e. The molecule has 114 valence electrons. The largest absolute Gasteiger partial charge is 0.492 e. The predicted molar refractivity (Wildman–Crippen MR) is 86.1 cm³/mol. The monoisotopic (exact) mass is 363 g/mol. The number of halogens is 1. The Kier molecular flexibility index (Phi) is 6.99. The molecule has 0 radical (unpaired) electrons. The van der Waals surface area contributed by atoms with E-state index in [0.29, 0.717) is 0 Å². The molecule has 0 aromatic heterocycles. The molecular weight excluding hydrogens is 342 g/mol. The molecule has 1 aromatic rings. The first-order chi connectivity index (χ1) is 9.33. The topological polar surface area (TPSA) is 55.4 Å². The summed E-state index contributed by atoms with van der Waals surface area (Å²) in [5.41, 5.74) is 1.04. The molecular formula is C14H22BrNO3S. The lowest BCUT2D eigenvalue weighted by Gasteiger charge is -2.18. The van der Waals surface area contributed by atoms with Gasteiger partial charge in [0.25, 0.3) is 0 Å². The summed E-state index contributed by atoms with van der Waals surface area (Å²) in [4.78, 5) is 0. The minimum absolute atomic E-state index is 0.0235. The molecule has 1 unspecified atom stereocenters. The number of benzene rings is 1. The van der Waals surface area contributed by atoms with Gasteiger partial charge in [0, 0.05) is 22.3 Å². The molecule has 0 heterocycles. The summed E-state index contributed by atoms with van der Waals surface area (Å²) in [7, 11) is -3.00. The summed E-state index contributed by atoms with van der Waals surface area (Å²) in [5, 5.41) is 3.40. The molecule has 0 saturated carbocycles. The van der Waals surface area contributed by atoms with Crippen LogP contribution in [0.3, 0.4) is 0 Å². The molecule has 0 fully saturated rings. The van der Waals surface area contributed by atoms with Crippen LogP contribution in [0.1, 0.15) is 31.9 Å². The van der Waals surface area contributed by atoms with Crippen molar-refractivity contribution in [3.8, 4) is 5.75 Å². The summed E-state index contributed by atoms with van der Waals surface area (Å²) in [5.74, 6) is 0.745. The lowest BCUT2D eigenvalue weighted by Crippen LogP contribution is -2.20. The number of nitrogens with one attached hydrogen (secondary N) is 1. The average Bonchev–Trinajstić information content (AvgIpc) is 2.34. The molecule has 1 rings (SSSR count). The second kappa shape index (κ2) is 8.00. The molecule has 0 amide bonds. The average molecular weight is 364 g/mol. The van der Waals surface area contributed by atoms with Gasteiger partial charge in [-0.2, -0.15) is 0 Å². The van der Waals surface area contributed by atoms with E-state index in [9.17, 15) is 8.42 Å². The van der Waals surface area contributed by atoms with Crippen LogP contribution in [-0.2, 0) is 9.84 Å². The summed E-state index contributed by atoms with van der Waals surface area (Å²) >= 11 is 3.41. The normalized spacial score (nSPS) is 13.2. The van der Waals surface area contributed by atoms with Gasteiger partial charge in [-0.25, -0.2) is 8.42 Å². The molecule has 20 heavy (non-hydrogen) atoms. The van der Waals surface area contributed by atoms with Crippen LogP contribution < -0.4 is 10.1 Å². The zero-order valence-corrected chi connectivity index (χ0v) is 14.6. The Labute approximate surface area is 130 Å². The molecule has 1 aromatic carbocycles. The van der Waals surface area contributed by atoms with Crippen LogP contribution in [0, 0.1) is 0 Å². The van der Waals surface area contributed by atoms with Crippen molar-refractivity contribution in [2.75, 3.05) is 25.2 Å². The van der Waals surface area contributed by atoms with Crippen LogP contribution in [-0.4, -0.2) is 33.6 Å². The summed E-state index contributed by atoms with van der Waals surface area (Å²) in [6, 6.07) is 5.99. The third kappa shape index (κ3) is 6.24. The quantitative estimate of drug-likeness (QED) is 0.771. The highest BCUT2D eigenvalue weighted by molar-refractivity contribution is 9.10. The van der Waals surface area contributed by atoms with Crippen molar-refractivity contribution in [3.63, 3.8) is 0 Å². The van der Waals surface area contributed by atoms with E-state index in [1.807, 2.05) is 18.2 Å². The number of hydrogen-bond donors (Lipinski definition) is 1. The Morgan fingerprint density at radius 2 is 2.10 bits per heavy atom. The zero-order chi connectivity index (χ0) is 15.2. The van der Waals surface area contributed by atoms with Gasteiger partial charge < -0.3 is 10.1 Å². The maximum Gasteiger partial charge on any atom is 0.150 e. The SMILES string of the molecule is CCCNC(C)c1ccc(Br)cc1OCCS(C)(=O)=O. The first-order valence-electron chi connectivity index (χ1n) is 6.67.